The molecule has 30 heavy (non-hydrogen) atoms. The van der Waals surface area contributed by atoms with E-state index in [1.807, 2.05) is 20.8 Å². The summed E-state index contributed by atoms with van der Waals surface area (Å²) in [5.74, 6) is 0. The second-order valence-corrected chi connectivity index (χ2v) is 9.43. The van der Waals surface area contributed by atoms with E-state index in [4.69, 9.17) is 23.4 Å². The van der Waals surface area contributed by atoms with Gasteiger partial charge in [0.1, 0.15) is 5.60 Å². The molecule has 2 heterocycles. The van der Waals surface area contributed by atoms with Crippen molar-refractivity contribution in [3.8, 4) is 5.69 Å². The number of nitrogens with zero attached hydrogens (tertiary/aromatic N) is 1. The number of hydrogen-bond acceptors (Lipinski definition) is 6. The summed E-state index contributed by atoms with van der Waals surface area (Å²) in [6.07, 6.45) is 1.75. The minimum absolute atomic E-state index is 0.0662. The molecule has 0 spiro atoms. The predicted octanol–water partition coefficient (Wildman–Crippen LogP) is -0.820. The number of benzene rings is 1. The van der Waals surface area contributed by atoms with Crippen LogP contribution in [0.3, 0.4) is 0 Å². The molecule has 1 amide bonds. The molecule has 0 radical (unpaired) electrons. The highest BCUT2D eigenvalue weighted by Crippen LogP contribution is 2.38. The van der Waals surface area contributed by atoms with E-state index < -0.39 is 15.8 Å². The third-order valence-corrected chi connectivity index (χ3v) is 4.58. The number of ether oxygens (including phenoxy) is 1. The minimum Gasteiger partial charge on any atom is -0.444 e. The molecular weight excluding hydrogens is 412 g/mol. The fourth-order valence-corrected chi connectivity index (χ4v) is 3.33. The zero-order chi connectivity index (χ0) is 22.9. The van der Waals surface area contributed by atoms with E-state index in [1.54, 1.807) is 0 Å². The summed E-state index contributed by atoms with van der Waals surface area (Å²) in [4.78, 5) is 11.9. The first kappa shape index (κ1) is 24.0. The molecule has 0 aliphatic carbocycles. The van der Waals surface area contributed by atoms with Crippen molar-refractivity contribution in [3.05, 3.63) is 58.9 Å². The van der Waals surface area contributed by atoms with E-state index in [-0.39, 0.29) is 11.5 Å². The molecule has 3 rings (SSSR count). The summed E-state index contributed by atoms with van der Waals surface area (Å²) >= 11 is 0. The zero-order valence-electron chi connectivity index (χ0n) is 17.9. The Morgan fingerprint density at radius 1 is 1.13 bits per heavy atom. The highest BCUT2D eigenvalue weighted by Gasteiger charge is 2.43. The normalized spacial score (nSPS) is 14.2. The molecule has 0 saturated heterocycles. The number of fused-ring (bicyclic) bond motifs is 3. The van der Waals surface area contributed by atoms with Gasteiger partial charge in [-0.1, -0.05) is 6.07 Å². The van der Waals surface area contributed by atoms with Crippen LogP contribution < -0.4 is 28.5 Å². The number of carbonyl (C=O) groups is 1. The number of halogens is 1. The quantitative estimate of drug-likeness (QED) is 0.608. The number of alkyl carbamates (subject to hydrolysis) is 1. The van der Waals surface area contributed by atoms with Gasteiger partial charge in [0.25, 0.3) is 0 Å². The van der Waals surface area contributed by atoms with Crippen LogP contribution in [0.2, 0.25) is 0 Å². The Morgan fingerprint density at radius 2 is 1.73 bits per heavy atom. The fourth-order valence-electron chi connectivity index (χ4n) is 3.33. The van der Waals surface area contributed by atoms with Gasteiger partial charge in [-0.3, -0.25) is 0 Å². The molecule has 1 aliphatic rings. The first-order valence-electron chi connectivity index (χ1n) is 9.33. The maximum atomic E-state index is 11.9. The number of aryl methyl sites for hydroxylation is 1. The van der Waals surface area contributed by atoms with Gasteiger partial charge in [-0.15, -0.1) is 10.2 Å². The topological polar surface area (TPSA) is 134 Å². The molecular formula is C21H27ClN2O6. The Balaban J connectivity index is 0.000000575. The van der Waals surface area contributed by atoms with Crippen LogP contribution in [0.15, 0.2) is 36.5 Å². The average Bonchev–Trinajstić information content (AvgIpc) is 2.77. The van der Waals surface area contributed by atoms with Gasteiger partial charge in [0.15, 0.2) is 11.9 Å². The van der Waals surface area contributed by atoms with Crippen molar-refractivity contribution < 1.29 is 43.0 Å². The summed E-state index contributed by atoms with van der Waals surface area (Å²) in [7, 11) is -4.94. The lowest BCUT2D eigenvalue weighted by Gasteiger charge is -2.20. The van der Waals surface area contributed by atoms with E-state index >= 15 is 0 Å². The molecule has 1 aliphatic heterocycles. The molecule has 9 heteroatoms. The van der Waals surface area contributed by atoms with Crippen molar-refractivity contribution in [2.75, 3.05) is 0 Å². The van der Waals surface area contributed by atoms with Gasteiger partial charge in [0, 0.05) is 30.3 Å². The fraction of sp³-hybridized carbons (Fsp3) is 0.429. The van der Waals surface area contributed by atoms with Crippen LogP contribution in [0.1, 0.15) is 57.0 Å². The lowest BCUT2D eigenvalue weighted by atomic mass is 9.82. The number of hydrogen-bond donors (Lipinski definition) is 1. The average molecular weight is 439 g/mol. The number of carbonyl (C=O) groups excluding carboxylic acids is 1. The molecule has 0 bridgehead atoms. The lowest BCUT2D eigenvalue weighted by Crippen LogP contribution is -2.68. The molecule has 0 fully saturated rings. The van der Waals surface area contributed by atoms with E-state index in [0.717, 1.165) is 5.56 Å². The molecule has 1 N–H and O–H groups in total. The molecule has 0 saturated carbocycles. The summed E-state index contributed by atoms with van der Waals surface area (Å²) in [5, 5.41) is 2.84. The Morgan fingerprint density at radius 3 is 2.30 bits per heavy atom. The van der Waals surface area contributed by atoms with Crippen LogP contribution in [0.4, 0.5) is 4.79 Å². The summed E-state index contributed by atoms with van der Waals surface area (Å²) < 4.78 is 41.5. The second kappa shape index (κ2) is 8.49. The smallest absolute Gasteiger partial charge is 0.407 e. The number of pyridine rings is 1. The van der Waals surface area contributed by atoms with Crippen molar-refractivity contribution in [1.29, 1.82) is 0 Å². The molecule has 8 nitrogen and oxygen atoms in total. The third-order valence-electron chi connectivity index (χ3n) is 4.58. The zero-order valence-corrected chi connectivity index (χ0v) is 18.7. The van der Waals surface area contributed by atoms with Crippen molar-refractivity contribution >= 4 is 6.09 Å². The summed E-state index contributed by atoms with van der Waals surface area (Å²) in [5.41, 5.74) is 5.56. The van der Waals surface area contributed by atoms with Gasteiger partial charge in [-0.05, 0) is 58.7 Å². The van der Waals surface area contributed by atoms with Crippen LogP contribution in [-0.2, 0) is 16.7 Å². The standard InChI is InChI=1S/C21H26N2O2.ClHO4/c1-14-9-10-23-17-8-7-15(13-22-19(24)25-20(2,3)4)12-16(17)21(5,6)18(23)11-14;2-1(3,4)5/h7-12H,13H2,1-6H3;(H,2,3,4,5). The number of rotatable bonds is 2. The van der Waals surface area contributed by atoms with Crippen LogP contribution in [0.25, 0.3) is 5.69 Å². The highest BCUT2D eigenvalue weighted by molar-refractivity contribution is 5.67. The number of nitrogens with one attached hydrogen (secondary N) is 1. The number of aromatic nitrogens is 1. The van der Waals surface area contributed by atoms with Crippen LogP contribution in [0.5, 0.6) is 0 Å². The monoisotopic (exact) mass is 438 g/mol. The van der Waals surface area contributed by atoms with Gasteiger partial charge >= 0.3 is 6.09 Å². The highest BCUT2D eigenvalue weighted by atomic mass is 35.7. The van der Waals surface area contributed by atoms with Gasteiger partial charge in [-0.2, -0.15) is 4.57 Å². The van der Waals surface area contributed by atoms with E-state index in [0.29, 0.717) is 6.54 Å². The van der Waals surface area contributed by atoms with Crippen molar-refractivity contribution in [2.45, 2.75) is 59.1 Å². The summed E-state index contributed by atoms with van der Waals surface area (Å²) in [6, 6.07) is 10.8. The first-order valence-corrected chi connectivity index (χ1v) is 10.6. The second-order valence-electron chi connectivity index (χ2n) is 8.67. The molecule has 164 valence electrons. The van der Waals surface area contributed by atoms with Crippen molar-refractivity contribution in [2.24, 2.45) is 0 Å². The first-order chi connectivity index (χ1) is 13.6. The molecule has 1 aromatic heterocycles. The SMILES string of the molecule is Cc1cc[n+]2c(c1)C(C)(C)c1cc(CNC(=O)OC(C)(C)C)ccc1-2.[O-][Cl+3]([O-])([O-])[O-]. The Labute approximate surface area is 178 Å². The molecule has 0 unspecified atom stereocenters. The lowest BCUT2D eigenvalue weighted by molar-refractivity contribution is -2.00. The maximum Gasteiger partial charge on any atom is 0.407 e. The van der Waals surface area contributed by atoms with Gasteiger partial charge in [0.2, 0.25) is 5.69 Å². The van der Waals surface area contributed by atoms with Crippen LogP contribution in [-0.4, -0.2) is 11.7 Å². The van der Waals surface area contributed by atoms with Gasteiger partial charge in [-0.25, -0.2) is 23.4 Å². The maximum absolute atomic E-state index is 11.9. The molecule has 2 aromatic rings. The Bertz CT molecular complexity index is 926. The predicted molar refractivity (Wildman–Crippen MR) is 97.9 cm³/mol. The van der Waals surface area contributed by atoms with E-state index in [9.17, 15) is 4.79 Å². The molecule has 0 atom stereocenters. The van der Waals surface area contributed by atoms with Gasteiger partial charge < -0.3 is 10.1 Å². The minimum atomic E-state index is -4.94. The third kappa shape index (κ3) is 6.38. The Kier molecular flexibility index (Phi) is 6.80. The summed E-state index contributed by atoms with van der Waals surface area (Å²) in [6.45, 7) is 12.7. The van der Waals surface area contributed by atoms with E-state index in [1.165, 1.54) is 22.5 Å². The van der Waals surface area contributed by atoms with E-state index in [2.05, 4.69) is 67.2 Å². The number of amides is 1. The molecule has 1 aromatic carbocycles. The van der Waals surface area contributed by atoms with Gasteiger partial charge in [0.05, 0.1) is 5.41 Å². The Hall–Kier alpha value is -2.23. The van der Waals surface area contributed by atoms with Crippen LogP contribution >= 0.6 is 0 Å². The van der Waals surface area contributed by atoms with Crippen molar-refractivity contribution in [1.82, 2.24) is 5.32 Å². The largest absolute Gasteiger partial charge is 0.444 e. The van der Waals surface area contributed by atoms with Crippen LogP contribution in [0, 0.1) is 17.2 Å². The van der Waals surface area contributed by atoms with Crippen molar-refractivity contribution in [3.63, 3.8) is 0 Å².